The van der Waals surface area contributed by atoms with E-state index in [1.54, 1.807) is 47.6 Å². The fourth-order valence-electron chi connectivity index (χ4n) is 2.29. The molecule has 0 saturated heterocycles. The van der Waals surface area contributed by atoms with E-state index < -0.39 is 23.4 Å². The van der Waals surface area contributed by atoms with Gasteiger partial charge in [-0.1, -0.05) is 0 Å². The van der Waals surface area contributed by atoms with Crippen LogP contribution in [0.4, 0.5) is 15.3 Å². The highest BCUT2D eigenvalue weighted by molar-refractivity contribution is 6.09. The third-order valence-electron chi connectivity index (χ3n) is 3.45. The Kier molecular flexibility index (Phi) is 5.61. The van der Waals surface area contributed by atoms with Crippen LogP contribution in [-0.2, 0) is 16.1 Å². The molecule has 0 radical (unpaired) electrons. The second-order valence-corrected chi connectivity index (χ2v) is 8.47. The highest BCUT2D eigenvalue weighted by atomic mass is 16.6. The van der Waals surface area contributed by atoms with Gasteiger partial charge in [0, 0.05) is 11.6 Å². The summed E-state index contributed by atoms with van der Waals surface area (Å²) in [4.78, 5) is 30.7. The third kappa shape index (κ3) is 5.69. The number of amides is 2. The quantitative estimate of drug-likeness (QED) is 0.867. The van der Waals surface area contributed by atoms with Crippen LogP contribution in [0.25, 0.3) is 0 Å². The number of pyridine rings is 1. The molecule has 1 N–H and O–H groups in total. The molecule has 1 aromatic heterocycles. The van der Waals surface area contributed by atoms with E-state index in [0.29, 0.717) is 11.6 Å². The molecule has 1 aliphatic rings. The first-order chi connectivity index (χ1) is 11.9. The lowest BCUT2D eigenvalue weighted by Gasteiger charge is -2.29. The van der Waals surface area contributed by atoms with Gasteiger partial charge in [-0.15, -0.1) is 0 Å². The maximum absolute atomic E-state index is 12.7. The van der Waals surface area contributed by atoms with Crippen molar-refractivity contribution in [3.8, 4) is 0 Å². The van der Waals surface area contributed by atoms with Gasteiger partial charge >= 0.3 is 12.2 Å². The largest absolute Gasteiger partial charge is 0.443 e. The second kappa shape index (κ2) is 7.23. The summed E-state index contributed by atoms with van der Waals surface area (Å²) < 4.78 is 10.8. The second-order valence-electron chi connectivity index (χ2n) is 8.47. The molecule has 1 fully saturated rings. The number of imide groups is 1. The van der Waals surface area contributed by atoms with Crippen molar-refractivity contribution >= 4 is 17.9 Å². The molecule has 1 heterocycles. The summed E-state index contributed by atoms with van der Waals surface area (Å²) in [5.41, 5.74) is -0.118. The van der Waals surface area contributed by atoms with Gasteiger partial charge in [-0.3, -0.25) is 4.98 Å². The van der Waals surface area contributed by atoms with Crippen molar-refractivity contribution in [3.05, 3.63) is 23.5 Å². The molecular formula is C19H28N2O5. The van der Waals surface area contributed by atoms with Gasteiger partial charge in [-0.25, -0.2) is 9.59 Å². The fraction of sp³-hybridized carbons (Fsp3) is 0.632. The number of aliphatic hydroxyl groups excluding tert-OH is 1. The number of hydrogen-bond acceptors (Lipinski definition) is 6. The van der Waals surface area contributed by atoms with E-state index in [1.807, 2.05) is 0 Å². The molecule has 2 rings (SSSR count). The molecule has 0 atom stereocenters. The number of carbonyl (C=O) groups excluding carboxylic acids is 2. The molecule has 0 spiro atoms. The van der Waals surface area contributed by atoms with Crippen molar-refractivity contribution in [1.29, 1.82) is 0 Å². The summed E-state index contributed by atoms with van der Waals surface area (Å²) in [5, 5.41) is 9.51. The number of ether oxygens (including phenoxy) is 2. The maximum Gasteiger partial charge on any atom is 0.424 e. The van der Waals surface area contributed by atoms with E-state index in [2.05, 4.69) is 4.98 Å². The lowest BCUT2D eigenvalue weighted by molar-refractivity contribution is 0.0430. The smallest absolute Gasteiger partial charge is 0.424 e. The molecule has 7 nitrogen and oxygen atoms in total. The zero-order chi connectivity index (χ0) is 19.7. The summed E-state index contributed by atoms with van der Waals surface area (Å²) in [6.45, 7) is 10.0. The molecule has 7 heteroatoms. The van der Waals surface area contributed by atoms with Crippen LogP contribution < -0.4 is 4.90 Å². The Morgan fingerprint density at radius 1 is 1.08 bits per heavy atom. The minimum absolute atomic E-state index is 0.287. The van der Waals surface area contributed by atoms with E-state index >= 15 is 0 Å². The van der Waals surface area contributed by atoms with Crippen LogP contribution in [0.1, 0.15) is 71.7 Å². The summed E-state index contributed by atoms with van der Waals surface area (Å²) >= 11 is 0. The number of anilines is 1. The topological polar surface area (TPSA) is 89.0 Å². The van der Waals surface area contributed by atoms with Crippen LogP contribution in [0.15, 0.2) is 12.1 Å². The van der Waals surface area contributed by atoms with Crippen molar-refractivity contribution in [2.24, 2.45) is 0 Å². The van der Waals surface area contributed by atoms with Crippen LogP contribution >= 0.6 is 0 Å². The summed E-state index contributed by atoms with van der Waals surface area (Å²) in [6.07, 6.45) is 0.340. The number of aliphatic hydroxyl groups is 1. The first-order valence-electron chi connectivity index (χ1n) is 8.77. The van der Waals surface area contributed by atoms with Crippen molar-refractivity contribution < 1.29 is 24.2 Å². The van der Waals surface area contributed by atoms with Gasteiger partial charge in [-0.2, -0.15) is 4.90 Å². The molecule has 144 valence electrons. The van der Waals surface area contributed by atoms with E-state index in [9.17, 15) is 14.7 Å². The molecular weight excluding hydrogens is 336 g/mol. The average Bonchev–Trinajstić information content (AvgIpc) is 3.27. The molecule has 26 heavy (non-hydrogen) atoms. The van der Waals surface area contributed by atoms with Crippen LogP contribution in [0.2, 0.25) is 0 Å². The summed E-state index contributed by atoms with van der Waals surface area (Å²) in [6, 6.07) is 3.18. The third-order valence-corrected chi connectivity index (χ3v) is 3.45. The van der Waals surface area contributed by atoms with Crippen molar-refractivity contribution in [2.75, 3.05) is 4.90 Å². The predicted molar refractivity (Wildman–Crippen MR) is 97.1 cm³/mol. The zero-order valence-electron chi connectivity index (χ0n) is 16.3. The minimum Gasteiger partial charge on any atom is -0.443 e. The molecule has 0 bridgehead atoms. The highest BCUT2D eigenvalue weighted by Gasteiger charge is 2.34. The van der Waals surface area contributed by atoms with Gasteiger partial charge in [0.25, 0.3) is 0 Å². The summed E-state index contributed by atoms with van der Waals surface area (Å²) in [7, 11) is 0. The average molecular weight is 364 g/mol. The normalized spacial score (nSPS) is 14.7. The van der Waals surface area contributed by atoms with Gasteiger partial charge in [0.2, 0.25) is 0 Å². The molecule has 2 amide bonds. The number of hydrogen-bond donors (Lipinski definition) is 1. The Hall–Kier alpha value is -2.15. The van der Waals surface area contributed by atoms with E-state index in [4.69, 9.17) is 9.47 Å². The Labute approximate surface area is 154 Å². The Bertz CT molecular complexity index is 656. The van der Waals surface area contributed by atoms with Gasteiger partial charge in [0.05, 0.1) is 18.0 Å². The fourth-order valence-corrected chi connectivity index (χ4v) is 2.29. The summed E-state index contributed by atoms with van der Waals surface area (Å²) in [5.74, 6) is 0.291. The van der Waals surface area contributed by atoms with E-state index in [1.165, 1.54) is 6.07 Å². The minimum atomic E-state index is -0.830. The van der Waals surface area contributed by atoms with E-state index in [-0.39, 0.29) is 12.3 Å². The van der Waals surface area contributed by atoms with Crippen LogP contribution in [0.5, 0.6) is 0 Å². The van der Waals surface area contributed by atoms with Crippen LogP contribution in [-0.4, -0.2) is 33.5 Å². The van der Waals surface area contributed by atoms with Crippen molar-refractivity contribution in [2.45, 2.75) is 78.1 Å². The number of carbonyl (C=O) groups is 2. The van der Waals surface area contributed by atoms with Crippen LogP contribution in [0, 0.1) is 0 Å². The molecule has 1 aliphatic carbocycles. The first-order valence-corrected chi connectivity index (χ1v) is 8.77. The monoisotopic (exact) mass is 364 g/mol. The maximum atomic E-state index is 12.7. The molecule has 0 aromatic carbocycles. The van der Waals surface area contributed by atoms with Gasteiger partial charge in [0.1, 0.15) is 11.2 Å². The predicted octanol–water partition coefficient (Wildman–Crippen LogP) is 4.13. The van der Waals surface area contributed by atoms with Crippen molar-refractivity contribution in [3.63, 3.8) is 0 Å². The lowest BCUT2D eigenvalue weighted by Crippen LogP contribution is -2.44. The van der Waals surface area contributed by atoms with E-state index in [0.717, 1.165) is 23.4 Å². The van der Waals surface area contributed by atoms with Gasteiger partial charge in [-0.05, 0) is 66.5 Å². The molecule has 1 saturated carbocycles. The standard InChI is InChI=1S/C19H28N2O5/c1-18(2,3)25-16(23)21(17(24)26-19(4,5)6)14-9-13(11-22)20-15(10-14)12-7-8-12/h9-10,12,22H,7-8,11H2,1-6H3. The zero-order valence-corrected chi connectivity index (χ0v) is 16.3. The Balaban J connectivity index is 2.43. The highest BCUT2D eigenvalue weighted by Crippen LogP contribution is 2.40. The Morgan fingerprint density at radius 2 is 1.58 bits per heavy atom. The molecule has 1 aromatic rings. The number of nitrogens with zero attached hydrogens (tertiary/aromatic N) is 2. The number of aromatic nitrogens is 1. The van der Waals surface area contributed by atoms with Crippen LogP contribution in [0.3, 0.4) is 0 Å². The van der Waals surface area contributed by atoms with Crippen molar-refractivity contribution in [1.82, 2.24) is 4.98 Å². The first kappa shape index (κ1) is 20.2. The Morgan fingerprint density at radius 3 is 1.96 bits per heavy atom. The molecule has 0 aliphatic heterocycles. The lowest BCUT2D eigenvalue weighted by atomic mass is 10.2. The van der Waals surface area contributed by atoms with Gasteiger partial charge < -0.3 is 14.6 Å². The molecule has 0 unspecified atom stereocenters. The number of rotatable bonds is 3. The van der Waals surface area contributed by atoms with Gasteiger partial charge in [0.15, 0.2) is 0 Å². The SMILES string of the molecule is CC(C)(C)OC(=O)N(C(=O)OC(C)(C)C)c1cc(CO)nc(C2CC2)c1.